The summed E-state index contributed by atoms with van der Waals surface area (Å²) in [6.45, 7) is 1.44. The Morgan fingerprint density at radius 2 is 2.05 bits per heavy atom. The van der Waals surface area contributed by atoms with Gasteiger partial charge in [-0.05, 0) is 29.2 Å². The van der Waals surface area contributed by atoms with E-state index in [9.17, 15) is 29.1 Å². The second kappa shape index (κ2) is 13.3. The van der Waals surface area contributed by atoms with E-state index in [1.54, 1.807) is 0 Å². The lowest BCUT2D eigenvalue weighted by molar-refractivity contribution is -0.434. The Labute approximate surface area is 254 Å². The average molecular weight is 653 g/mol. The van der Waals surface area contributed by atoms with Crippen molar-refractivity contribution in [3.05, 3.63) is 34.1 Å². The van der Waals surface area contributed by atoms with Crippen molar-refractivity contribution in [3.63, 3.8) is 0 Å². The predicted molar refractivity (Wildman–Crippen MR) is 150 cm³/mol. The van der Waals surface area contributed by atoms with Gasteiger partial charge in [0.05, 0.1) is 36.3 Å². The lowest BCUT2D eigenvalue weighted by Crippen LogP contribution is -2.71. The van der Waals surface area contributed by atoms with Crippen LogP contribution in [0.25, 0.3) is 0 Å². The lowest BCUT2D eigenvalue weighted by Gasteiger charge is -2.50. The SMILES string of the molecule is CC(CC(=O)O)O/N=C(\C(=O)NC1C(=O)N2C(C(=O)[O-])=C(CSc3nc(N)c(CC(=O)O)c[nH+]3)CS[C@H]12)c1csc(N)n1. The zero-order chi connectivity index (χ0) is 31.4. The number of carboxylic acid groups (broad SMARTS) is 3. The van der Waals surface area contributed by atoms with Crippen molar-refractivity contribution in [3.8, 4) is 0 Å². The third-order valence-corrected chi connectivity index (χ3v) is 8.93. The normalized spacial score (nSPS) is 18.9. The summed E-state index contributed by atoms with van der Waals surface area (Å²) in [5.74, 6) is -5.06. The van der Waals surface area contributed by atoms with E-state index in [0.29, 0.717) is 10.7 Å². The van der Waals surface area contributed by atoms with E-state index >= 15 is 0 Å². The van der Waals surface area contributed by atoms with E-state index in [0.717, 1.165) is 28.0 Å². The van der Waals surface area contributed by atoms with Gasteiger partial charge in [0.1, 0.15) is 23.2 Å². The Hall–Kier alpha value is -4.43. The molecule has 0 radical (unpaired) electrons. The zero-order valence-corrected chi connectivity index (χ0v) is 24.6. The number of thioether (sulfide) groups is 2. The van der Waals surface area contributed by atoms with E-state index < -0.39 is 47.2 Å². The van der Waals surface area contributed by atoms with Crippen molar-refractivity contribution >= 4 is 81.2 Å². The van der Waals surface area contributed by atoms with Gasteiger partial charge in [-0.25, -0.2) is 9.97 Å². The van der Waals surface area contributed by atoms with Crippen LogP contribution in [0.15, 0.2) is 33.2 Å². The van der Waals surface area contributed by atoms with Gasteiger partial charge < -0.3 is 41.7 Å². The summed E-state index contributed by atoms with van der Waals surface area (Å²) in [4.78, 5) is 77.4. The molecular formula is C23H24N8O9S3. The van der Waals surface area contributed by atoms with Gasteiger partial charge in [0.15, 0.2) is 10.8 Å². The number of hydrogen-bond donors (Lipinski definition) is 5. The van der Waals surface area contributed by atoms with Gasteiger partial charge in [0.25, 0.3) is 11.8 Å². The number of carboxylic acids is 3. The van der Waals surface area contributed by atoms with Crippen LogP contribution in [0.1, 0.15) is 24.6 Å². The van der Waals surface area contributed by atoms with Crippen LogP contribution in [0.4, 0.5) is 10.9 Å². The maximum atomic E-state index is 13.2. The summed E-state index contributed by atoms with van der Waals surface area (Å²) in [6, 6.07) is -1.12. The number of oxime groups is 1. The summed E-state index contributed by atoms with van der Waals surface area (Å²) in [7, 11) is 0. The number of hydrogen-bond acceptors (Lipinski definition) is 15. The van der Waals surface area contributed by atoms with Crippen LogP contribution in [-0.2, 0) is 35.2 Å². The highest BCUT2D eigenvalue weighted by atomic mass is 32.2. The van der Waals surface area contributed by atoms with E-state index in [1.165, 1.54) is 30.3 Å². The summed E-state index contributed by atoms with van der Waals surface area (Å²) < 4.78 is 0. The monoisotopic (exact) mass is 652 g/mol. The Balaban J connectivity index is 1.47. The second-order valence-corrected chi connectivity index (χ2v) is 12.1. The molecule has 2 unspecified atom stereocenters. The van der Waals surface area contributed by atoms with Gasteiger partial charge in [-0.1, -0.05) is 5.16 Å². The highest BCUT2D eigenvalue weighted by Crippen LogP contribution is 2.41. The number of rotatable bonds is 13. The number of nitrogens with one attached hydrogen (secondary N) is 2. The summed E-state index contributed by atoms with van der Waals surface area (Å²) in [5.41, 5.74) is 11.5. The number of amides is 2. The highest BCUT2D eigenvalue weighted by molar-refractivity contribution is 8.01. The summed E-state index contributed by atoms with van der Waals surface area (Å²) in [5, 5.41) is 37.4. The molecule has 17 nitrogen and oxygen atoms in total. The number of nitrogens with two attached hydrogens (primary N) is 2. The fraction of sp³-hybridized carbons (Fsp3) is 0.348. The van der Waals surface area contributed by atoms with Crippen molar-refractivity contribution in [1.29, 1.82) is 0 Å². The molecule has 0 spiro atoms. The number of thiazole rings is 1. The first-order chi connectivity index (χ1) is 20.3. The Kier molecular flexibility index (Phi) is 9.71. The minimum absolute atomic E-state index is 0.0114. The van der Waals surface area contributed by atoms with Crippen LogP contribution < -0.4 is 26.9 Å². The minimum Gasteiger partial charge on any atom is -0.543 e. The Morgan fingerprint density at radius 3 is 2.65 bits per heavy atom. The van der Waals surface area contributed by atoms with Crippen LogP contribution >= 0.6 is 34.9 Å². The molecule has 2 aromatic rings. The van der Waals surface area contributed by atoms with Crippen LogP contribution in [0.2, 0.25) is 0 Å². The molecule has 1 saturated heterocycles. The average Bonchev–Trinajstić information content (AvgIpc) is 3.36. The van der Waals surface area contributed by atoms with Gasteiger partial charge in [0, 0.05) is 16.9 Å². The maximum absolute atomic E-state index is 13.2. The van der Waals surface area contributed by atoms with Crippen LogP contribution in [0.5, 0.6) is 0 Å². The number of carbonyl (C=O) groups excluding carboxylic acids is 3. The summed E-state index contributed by atoms with van der Waals surface area (Å²) in [6.07, 6.45) is -0.192. The van der Waals surface area contributed by atoms with Crippen molar-refractivity contribution in [2.75, 3.05) is 23.0 Å². The molecule has 2 aliphatic heterocycles. The molecule has 8 N–H and O–H groups in total. The molecular weight excluding hydrogens is 629 g/mol. The predicted octanol–water partition coefficient (Wildman–Crippen LogP) is -2.08. The first-order valence-electron chi connectivity index (χ1n) is 12.2. The van der Waals surface area contributed by atoms with E-state index in [2.05, 4.69) is 25.4 Å². The van der Waals surface area contributed by atoms with Crippen LogP contribution in [-0.4, -0.2) is 89.5 Å². The van der Waals surface area contributed by atoms with Gasteiger partial charge >= 0.3 is 17.1 Å². The van der Waals surface area contributed by atoms with Crippen molar-refractivity contribution in [1.82, 2.24) is 20.2 Å². The number of aromatic nitrogens is 3. The van der Waals surface area contributed by atoms with Crippen molar-refractivity contribution in [2.24, 2.45) is 5.16 Å². The highest BCUT2D eigenvalue weighted by Gasteiger charge is 2.53. The minimum atomic E-state index is -1.58. The topological polar surface area (TPSA) is 278 Å². The van der Waals surface area contributed by atoms with E-state index in [1.807, 2.05) is 0 Å². The molecule has 2 aromatic heterocycles. The Bertz CT molecular complexity index is 1550. The van der Waals surface area contributed by atoms with E-state index in [-0.39, 0.29) is 58.0 Å². The molecule has 0 aromatic carbocycles. The second-order valence-electron chi connectivity index (χ2n) is 9.10. The molecule has 4 heterocycles. The number of fused-ring (bicyclic) bond motifs is 1. The molecule has 4 rings (SSSR count). The van der Waals surface area contributed by atoms with Gasteiger partial charge in [-0.15, -0.1) is 23.1 Å². The fourth-order valence-corrected chi connectivity index (χ4v) is 6.87. The van der Waals surface area contributed by atoms with Crippen LogP contribution in [0.3, 0.4) is 0 Å². The number of carbonyl (C=O) groups is 5. The third-order valence-electron chi connectivity index (χ3n) is 5.94. The van der Waals surface area contributed by atoms with Gasteiger partial charge in [-0.3, -0.25) is 24.1 Å². The molecule has 2 aliphatic rings. The van der Waals surface area contributed by atoms with E-state index in [4.69, 9.17) is 26.5 Å². The maximum Gasteiger partial charge on any atom is 0.359 e. The molecule has 2 amide bonds. The molecule has 1 fully saturated rings. The molecule has 20 heteroatoms. The third kappa shape index (κ3) is 7.32. The number of anilines is 2. The van der Waals surface area contributed by atoms with Crippen LogP contribution in [0, 0.1) is 0 Å². The summed E-state index contributed by atoms with van der Waals surface area (Å²) >= 11 is 3.34. The largest absolute Gasteiger partial charge is 0.543 e. The van der Waals surface area contributed by atoms with Crippen molar-refractivity contribution in [2.45, 2.75) is 42.4 Å². The number of nitrogen functional groups attached to an aromatic ring is 2. The number of nitrogens with zero attached hydrogens (tertiary/aromatic N) is 4. The molecule has 0 aliphatic carbocycles. The Morgan fingerprint density at radius 1 is 1.30 bits per heavy atom. The quantitative estimate of drug-likeness (QED) is 0.0511. The first-order valence-corrected chi connectivity index (χ1v) is 15.1. The first kappa shape index (κ1) is 31.5. The number of H-pyrrole nitrogens is 1. The lowest BCUT2D eigenvalue weighted by atomic mass is 10.0. The fourth-order valence-electron chi connectivity index (χ4n) is 3.99. The smallest absolute Gasteiger partial charge is 0.359 e. The number of aliphatic carboxylic acids is 3. The van der Waals surface area contributed by atoms with Gasteiger partial charge in [-0.2, -0.15) is 0 Å². The van der Waals surface area contributed by atoms with Gasteiger partial charge in [0.2, 0.25) is 5.82 Å². The standard InChI is InChI=1S/C23H24N8O9S3/c1-8(2-12(32)33)40-30-14(11-7-42-22(25)27-11)18(36)28-15-19(37)31-16(21(38)39)10(5-41-20(15)31)6-43-23-26-4-9(3-13(34)35)17(24)29-23/h4,7-8,15,20H,2-3,5-6H2,1H3,(H2,25,27)(H,28,36)(H,32,33)(H,34,35)(H,38,39)(H2,24,26,29)/b30-14-/t8?,15?,20-/m1/s1. The molecule has 0 saturated carbocycles. The molecule has 0 bridgehead atoms. The molecule has 43 heavy (non-hydrogen) atoms. The molecule has 3 atom stereocenters. The van der Waals surface area contributed by atoms with Crippen molar-refractivity contribution < 1.29 is 49.1 Å². The number of β-lactam (4-membered cyclic amide) rings is 1. The number of aromatic amines is 1. The molecule has 228 valence electrons. The zero-order valence-electron chi connectivity index (χ0n) is 22.1.